The number of aryl methyl sites for hydroxylation is 1. The first-order chi connectivity index (χ1) is 9.76. The second-order valence-corrected chi connectivity index (χ2v) is 8.59. The Hall–Kier alpha value is -1.29. The van der Waals surface area contributed by atoms with Crippen LogP contribution in [0.15, 0.2) is 52.3 Å². The van der Waals surface area contributed by atoms with E-state index in [1.54, 1.807) is 12.1 Å². The Morgan fingerprint density at radius 1 is 0.905 bits per heavy atom. The molecular weight excluding hydrogens is 317 g/mol. The van der Waals surface area contributed by atoms with Crippen molar-refractivity contribution in [3.63, 3.8) is 0 Å². The molecule has 0 radical (unpaired) electrons. The fourth-order valence-corrected chi connectivity index (χ4v) is 6.95. The van der Waals surface area contributed by atoms with Gasteiger partial charge in [0.05, 0.1) is 5.69 Å². The van der Waals surface area contributed by atoms with Gasteiger partial charge in [-0.15, -0.1) is 0 Å². The highest BCUT2D eigenvalue weighted by Gasteiger charge is 2.47. The Bertz CT molecular complexity index is 688. The summed E-state index contributed by atoms with van der Waals surface area (Å²) in [7, 11) is -7.18. The van der Waals surface area contributed by atoms with Crippen LogP contribution in [0.1, 0.15) is 5.56 Å². The normalized spacial score (nSPS) is 21.7. The molecular formula is C13H14FNO4S2. The van der Waals surface area contributed by atoms with E-state index in [0.29, 0.717) is 0 Å². The molecule has 5 nitrogen and oxygen atoms in total. The molecule has 2 aromatic carbocycles. The molecule has 0 spiro atoms. The van der Waals surface area contributed by atoms with Crippen LogP contribution in [-0.2, 0) is 0 Å². The predicted octanol–water partition coefficient (Wildman–Crippen LogP) is 4.70. The second-order valence-electron chi connectivity index (χ2n) is 4.67. The maximum Gasteiger partial charge on any atom is 0.126 e. The average Bonchev–Trinajstić information content (AvgIpc) is 2.58. The van der Waals surface area contributed by atoms with Crippen molar-refractivity contribution in [1.82, 2.24) is 0 Å². The van der Waals surface area contributed by atoms with Gasteiger partial charge in [-0.05, 0) is 42.8 Å². The quantitative estimate of drug-likeness (QED) is 0.608. The molecule has 2 aromatic rings. The summed E-state index contributed by atoms with van der Waals surface area (Å²) in [5.41, 5.74) is 0.416. The van der Waals surface area contributed by atoms with E-state index in [1.165, 1.54) is 31.2 Å². The van der Waals surface area contributed by atoms with Gasteiger partial charge in [-0.3, -0.25) is 18.2 Å². The first kappa shape index (κ1) is 14.6. The van der Waals surface area contributed by atoms with Crippen molar-refractivity contribution in [2.24, 2.45) is 0 Å². The summed E-state index contributed by atoms with van der Waals surface area (Å²) in [5, 5.41) is 0. The van der Waals surface area contributed by atoms with E-state index in [9.17, 15) is 22.6 Å². The van der Waals surface area contributed by atoms with Gasteiger partial charge in [0.2, 0.25) is 0 Å². The summed E-state index contributed by atoms with van der Waals surface area (Å²) < 4.78 is 55.9. The van der Waals surface area contributed by atoms with Gasteiger partial charge in [0, 0.05) is 0 Å². The largest absolute Gasteiger partial charge is 0.276 e. The minimum Gasteiger partial charge on any atom is -0.276 e. The van der Waals surface area contributed by atoms with Crippen LogP contribution >= 0.6 is 21.6 Å². The van der Waals surface area contributed by atoms with Crippen molar-refractivity contribution in [2.45, 2.75) is 16.7 Å². The lowest BCUT2D eigenvalue weighted by Gasteiger charge is -2.45. The standard InChI is InChI=1S/C13H14FNO4S2/c1-9-8-10(6-7-11(9)14)15-20(16,17)12-4-2-3-5-13(12)21(15,18)19/h2-8,16-19H,1H3. The smallest absolute Gasteiger partial charge is 0.126 e. The molecule has 114 valence electrons. The zero-order valence-electron chi connectivity index (χ0n) is 11.0. The molecule has 0 aliphatic carbocycles. The molecule has 8 heteroatoms. The van der Waals surface area contributed by atoms with E-state index >= 15 is 0 Å². The molecule has 1 heterocycles. The third-order valence-electron chi connectivity index (χ3n) is 3.25. The topological polar surface area (TPSA) is 84.2 Å². The number of hydrogen-bond acceptors (Lipinski definition) is 5. The van der Waals surface area contributed by atoms with Crippen LogP contribution in [0, 0.1) is 12.7 Å². The summed E-state index contributed by atoms with van der Waals surface area (Å²) in [4.78, 5) is 0.152. The molecule has 0 amide bonds. The lowest BCUT2D eigenvalue weighted by molar-refractivity contribution is 0.480. The molecule has 0 unspecified atom stereocenters. The Morgan fingerprint density at radius 2 is 1.43 bits per heavy atom. The van der Waals surface area contributed by atoms with Gasteiger partial charge < -0.3 is 0 Å². The number of benzene rings is 2. The molecule has 0 saturated carbocycles. The molecule has 3 rings (SSSR count). The van der Waals surface area contributed by atoms with Crippen molar-refractivity contribution in [2.75, 3.05) is 3.71 Å². The number of hydrogen-bond donors (Lipinski definition) is 4. The van der Waals surface area contributed by atoms with Crippen molar-refractivity contribution in [1.29, 1.82) is 0 Å². The van der Waals surface area contributed by atoms with Gasteiger partial charge in [-0.2, -0.15) is 3.71 Å². The molecule has 0 fully saturated rings. The van der Waals surface area contributed by atoms with Crippen molar-refractivity contribution < 1.29 is 22.6 Å². The first-order valence-electron chi connectivity index (χ1n) is 5.98. The van der Waals surface area contributed by atoms with Crippen LogP contribution < -0.4 is 3.71 Å². The van der Waals surface area contributed by atoms with Gasteiger partial charge in [-0.1, -0.05) is 33.7 Å². The third-order valence-corrected chi connectivity index (χ3v) is 7.87. The van der Waals surface area contributed by atoms with Crippen LogP contribution in [0.3, 0.4) is 0 Å². The first-order valence-corrected chi connectivity index (χ1v) is 8.99. The maximum atomic E-state index is 13.4. The zero-order valence-corrected chi connectivity index (χ0v) is 12.6. The second kappa shape index (κ2) is 4.60. The molecule has 0 bridgehead atoms. The molecule has 1 aliphatic rings. The van der Waals surface area contributed by atoms with Gasteiger partial charge in [0.25, 0.3) is 0 Å². The molecule has 21 heavy (non-hydrogen) atoms. The number of rotatable bonds is 1. The van der Waals surface area contributed by atoms with E-state index in [2.05, 4.69) is 0 Å². The van der Waals surface area contributed by atoms with Crippen LogP contribution in [0.4, 0.5) is 10.1 Å². The van der Waals surface area contributed by atoms with E-state index < -0.39 is 27.4 Å². The van der Waals surface area contributed by atoms with Gasteiger partial charge >= 0.3 is 0 Å². The number of nitrogens with zero attached hydrogens (tertiary/aromatic N) is 1. The summed E-state index contributed by atoms with van der Waals surface area (Å²) in [6.45, 7) is 1.51. The van der Waals surface area contributed by atoms with Crippen LogP contribution in [-0.4, -0.2) is 18.2 Å². The Labute approximate surface area is 124 Å². The SMILES string of the molecule is Cc1cc(N2S(O)(O)c3ccccc3S2(O)O)ccc1F. The zero-order chi connectivity index (χ0) is 15.4. The highest BCUT2D eigenvalue weighted by Crippen LogP contribution is 2.77. The Morgan fingerprint density at radius 3 is 1.90 bits per heavy atom. The van der Waals surface area contributed by atoms with Crippen molar-refractivity contribution in [3.05, 3.63) is 53.8 Å². The summed E-state index contributed by atoms with van der Waals surface area (Å²) in [6.07, 6.45) is 0. The summed E-state index contributed by atoms with van der Waals surface area (Å²) in [6, 6.07) is 9.84. The van der Waals surface area contributed by atoms with E-state index in [4.69, 9.17) is 0 Å². The van der Waals surface area contributed by atoms with E-state index in [1.807, 2.05) is 0 Å². The van der Waals surface area contributed by atoms with Crippen LogP contribution in [0.25, 0.3) is 0 Å². The Kier molecular flexibility index (Phi) is 3.21. The predicted molar refractivity (Wildman–Crippen MR) is 82.3 cm³/mol. The number of fused-ring (bicyclic) bond motifs is 1. The van der Waals surface area contributed by atoms with Gasteiger partial charge in [-0.25, -0.2) is 4.39 Å². The highest BCUT2D eigenvalue weighted by molar-refractivity contribution is 8.44. The summed E-state index contributed by atoms with van der Waals surface area (Å²) >= 11 is 0. The number of halogens is 1. The molecule has 4 N–H and O–H groups in total. The molecule has 0 aromatic heterocycles. The molecule has 1 aliphatic heterocycles. The lowest BCUT2D eigenvalue weighted by Crippen LogP contribution is -2.24. The fourth-order valence-electron chi connectivity index (χ4n) is 2.26. The minimum atomic E-state index is -3.59. The monoisotopic (exact) mass is 331 g/mol. The minimum absolute atomic E-state index is 0.0759. The maximum absolute atomic E-state index is 13.4. The number of anilines is 1. The molecule has 0 atom stereocenters. The van der Waals surface area contributed by atoms with Gasteiger partial charge in [0.1, 0.15) is 15.6 Å². The van der Waals surface area contributed by atoms with Crippen molar-refractivity contribution >= 4 is 27.2 Å². The third kappa shape index (κ3) is 2.03. The fraction of sp³-hybridized carbons (Fsp3) is 0.0769. The van der Waals surface area contributed by atoms with Crippen LogP contribution in [0.2, 0.25) is 0 Å². The summed E-state index contributed by atoms with van der Waals surface area (Å²) in [5.74, 6) is -0.455. The van der Waals surface area contributed by atoms with E-state index in [0.717, 1.165) is 9.78 Å². The van der Waals surface area contributed by atoms with E-state index in [-0.39, 0.29) is 21.0 Å². The van der Waals surface area contributed by atoms with Crippen molar-refractivity contribution in [3.8, 4) is 0 Å². The van der Waals surface area contributed by atoms with Crippen LogP contribution in [0.5, 0.6) is 0 Å². The molecule has 0 saturated heterocycles. The Balaban J connectivity index is 2.21. The lowest BCUT2D eigenvalue weighted by atomic mass is 10.2. The van der Waals surface area contributed by atoms with Gasteiger partial charge in [0.15, 0.2) is 0 Å². The highest BCUT2D eigenvalue weighted by atomic mass is 32.4. The average molecular weight is 331 g/mol.